The van der Waals surface area contributed by atoms with Gasteiger partial charge in [-0.1, -0.05) is 59.9 Å². The van der Waals surface area contributed by atoms with E-state index >= 15 is 0 Å². The van der Waals surface area contributed by atoms with Crippen LogP contribution in [0.4, 0.5) is 0 Å². The maximum absolute atomic E-state index is 9.19. The van der Waals surface area contributed by atoms with Crippen LogP contribution in [0.15, 0.2) is 37.7 Å². The zero-order chi connectivity index (χ0) is 15.4. The predicted molar refractivity (Wildman–Crippen MR) is 96.6 cm³/mol. The summed E-state index contributed by atoms with van der Waals surface area (Å²) in [5.41, 5.74) is 4.62. The predicted octanol–water partition coefficient (Wildman–Crippen LogP) is 6.60. The Kier molecular flexibility index (Phi) is 6.76. The van der Waals surface area contributed by atoms with E-state index in [-0.39, 0.29) is 0 Å². The van der Waals surface area contributed by atoms with Crippen LogP contribution >= 0.6 is 47.8 Å². The Morgan fingerprint density at radius 2 is 0.950 bits per heavy atom. The van der Waals surface area contributed by atoms with Gasteiger partial charge in [0.05, 0.1) is 0 Å². The zero-order valence-corrected chi connectivity index (χ0v) is 16.6. The molecule has 0 aliphatic carbocycles. The SMILES string of the molecule is Cc1cc(C)c(Br)cc1Br.Cc1cc(C)c(Br)cc1O. The molecule has 2 aromatic rings. The molecule has 4 heteroatoms. The fourth-order valence-corrected chi connectivity index (χ4v) is 2.94. The zero-order valence-electron chi connectivity index (χ0n) is 11.9. The van der Waals surface area contributed by atoms with Crippen LogP contribution in [-0.4, -0.2) is 5.11 Å². The van der Waals surface area contributed by atoms with Crippen LogP contribution in [-0.2, 0) is 0 Å². The molecular weight excluding hydrogens is 448 g/mol. The second kappa shape index (κ2) is 7.62. The summed E-state index contributed by atoms with van der Waals surface area (Å²) in [7, 11) is 0. The van der Waals surface area contributed by atoms with Crippen molar-refractivity contribution >= 4 is 47.8 Å². The Morgan fingerprint density at radius 1 is 0.600 bits per heavy atom. The molecule has 0 saturated heterocycles. The van der Waals surface area contributed by atoms with Crippen molar-refractivity contribution < 1.29 is 5.11 Å². The molecule has 0 heterocycles. The monoisotopic (exact) mass is 462 g/mol. The molecule has 0 bridgehead atoms. The minimum absolute atomic E-state index is 0.345. The van der Waals surface area contributed by atoms with Crippen LogP contribution in [0.3, 0.4) is 0 Å². The molecule has 0 spiro atoms. The van der Waals surface area contributed by atoms with Crippen molar-refractivity contribution in [2.45, 2.75) is 27.7 Å². The first-order valence-electron chi connectivity index (χ1n) is 6.10. The van der Waals surface area contributed by atoms with Crippen molar-refractivity contribution in [3.63, 3.8) is 0 Å². The van der Waals surface area contributed by atoms with E-state index in [1.807, 2.05) is 19.9 Å². The molecular formula is C16H17Br3O. The summed E-state index contributed by atoms with van der Waals surface area (Å²) in [6.45, 7) is 8.05. The van der Waals surface area contributed by atoms with Crippen LogP contribution < -0.4 is 0 Å². The van der Waals surface area contributed by atoms with Gasteiger partial charge in [-0.05, 0) is 62.1 Å². The third kappa shape index (κ3) is 4.90. The molecule has 0 saturated carbocycles. The number of hydrogen-bond donors (Lipinski definition) is 1. The number of aromatic hydroxyl groups is 1. The van der Waals surface area contributed by atoms with Crippen LogP contribution in [0, 0.1) is 27.7 Å². The van der Waals surface area contributed by atoms with Gasteiger partial charge in [0, 0.05) is 13.4 Å². The second-order valence-corrected chi connectivity index (χ2v) is 7.30. The Balaban J connectivity index is 0.000000200. The number of phenols is 1. The molecule has 0 unspecified atom stereocenters. The van der Waals surface area contributed by atoms with Crippen molar-refractivity contribution in [2.24, 2.45) is 0 Å². The minimum Gasteiger partial charge on any atom is -0.508 e. The molecule has 20 heavy (non-hydrogen) atoms. The highest BCUT2D eigenvalue weighted by molar-refractivity contribution is 9.11. The number of benzene rings is 2. The average molecular weight is 465 g/mol. The van der Waals surface area contributed by atoms with Crippen LogP contribution in [0.5, 0.6) is 5.75 Å². The average Bonchev–Trinajstić information content (AvgIpc) is 2.35. The van der Waals surface area contributed by atoms with Gasteiger partial charge in [-0.15, -0.1) is 0 Å². The van der Waals surface area contributed by atoms with E-state index in [1.54, 1.807) is 6.07 Å². The van der Waals surface area contributed by atoms with Gasteiger partial charge in [0.25, 0.3) is 0 Å². The number of rotatable bonds is 0. The van der Waals surface area contributed by atoms with E-state index in [2.05, 4.69) is 73.8 Å². The molecule has 0 atom stereocenters. The van der Waals surface area contributed by atoms with Crippen molar-refractivity contribution in [3.05, 3.63) is 59.9 Å². The molecule has 0 amide bonds. The van der Waals surface area contributed by atoms with E-state index in [1.165, 1.54) is 11.1 Å². The summed E-state index contributed by atoms with van der Waals surface area (Å²) in [5.74, 6) is 0.345. The first kappa shape index (κ1) is 17.7. The molecule has 1 N–H and O–H groups in total. The minimum atomic E-state index is 0.345. The van der Waals surface area contributed by atoms with Gasteiger partial charge < -0.3 is 5.11 Å². The lowest BCUT2D eigenvalue weighted by atomic mass is 10.1. The van der Waals surface area contributed by atoms with Crippen LogP contribution in [0.1, 0.15) is 22.3 Å². The molecule has 0 aromatic heterocycles. The Bertz CT molecular complexity index is 466. The number of phenolic OH excluding ortho intramolecular Hbond substituents is 1. The second-order valence-electron chi connectivity index (χ2n) is 4.74. The Hall–Kier alpha value is -0.320. The summed E-state index contributed by atoms with van der Waals surface area (Å²) in [6.07, 6.45) is 0. The Morgan fingerprint density at radius 3 is 1.30 bits per heavy atom. The van der Waals surface area contributed by atoms with Crippen molar-refractivity contribution in [3.8, 4) is 5.75 Å². The van der Waals surface area contributed by atoms with Gasteiger partial charge in [-0.25, -0.2) is 0 Å². The molecule has 0 fully saturated rings. The first-order valence-corrected chi connectivity index (χ1v) is 8.48. The number of aryl methyl sites for hydroxylation is 4. The molecule has 2 rings (SSSR count). The summed E-state index contributed by atoms with van der Waals surface area (Å²) in [4.78, 5) is 0. The van der Waals surface area contributed by atoms with Crippen molar-refractivity contribution in [1.82, 2.24) is 0 Å². The summed E-state index contributed by atoms with van der Waals surface area (Å²) in [6, 6.07) is 7.88. The fraction of sp³-hybridized carbons (Fsp3) is 0.250. The summed E-state index contributed by atoms with van der Waals surface area (Å²) >= 11 is 10.2. The lowest BCUT2D eigenvalue weighted by molar-refractivity contribution is 0.470. The molecule has 0 aliphatic heterocycles. The highest BCUT2D eigenvalue weighted by atomic mass is 79.9. The topological polar surface area (TPSA) is 20.2 Å². The van der Waals surface area contributed by atoms with Gasteiger partial charge >= 0.3 is 0 Å². The smallest absolute Gasteiger partial charge is 0.119 e. The van der Waals surface area contributed by atoms with E-state index < -0.39 is 0 Å². The standard InChI is InChI=1S/C8H8Br2.C8H9BrO/c2*1-5-3-6(2)8(10)4-7(5)9/h3-4H,1-2H3;3-4,10H,1-2H3. The van der Waals surface area contributed by atoms with Gasteiger partial charge in [-0.3, -0.25) is 0 Å². The number of hydrogen-bond acceptors (Lipinski definition) is 1. The molecule has 0 aliphatic rings. The summed E-state index contributed by atoms with van der Waals surface area (Å²) in [5, 5.41) is 9.19. The van der Waals surface area contributed by atoms with E-state index in [0.29, 0.717) is 5.75 Å². The fourth-order valence-electron chi connectivity index (χ4n) is 1.62. The van der Waals surface area contributed by atoms with Crippen LogP contribution in [0.25, 0.3) is 0 Å². The third-order valence-corrected chi connectivity index (χ3v) is 5.48. The lowest BCUT2D eigenvalue weighted by Gasteiger charge is -2.01. The highest BCUT2D eigenvalue weighted by Gasteiger charge is 1.99. The van der Waals surface area contributed by atoms with Crippen LogP contribution in [0.2, 0.25) is 0 Å². The van der Waals surface area contributed by atoms with E-state index in [4.69, 9.17) is 0 Å². The van der Waals surface area contributed by atoms with Crippen molar-refractivity contribution in [1.29, 1.82) is 0 Å². The third-order valence-electron chi connectivity index (χ3n) is 2.92. The van der Waals surface area contributed by atoms with Gasteiger partial charge in [0.15, 0.2) is 0 Å². The molecule has 108 valence electrons. The molecule has 2 aromatic carbocycles. The normalized spacial score (nSPS) is 9.95. The van der Waals surface area contributed by atoms with Gasteiger partial charge in [0.1, 0.15) is 5.75 Å². The molecule has 0 radical (unpaired) electrons. The lowest BCUT2D eigenvalue weighted by Crippen LogP contribution is -1.79. The highest BCUT2D eigenvalue weighted by Crippen LogP contribution is 2.25. The van der Waals surface area contributed by atoms with Gasteiger partial charge in [-0.2, -0.15) is 0 Å². The first-order chi connectivity index (χ1) is 9.22. The van der Waals surface area contributed by atoms with Gasteiger partial charge in [0.2, 0.25) is 0 Å². The Labute approximate surface area is 145 Å². The van der Waals surface area contributed by atoms with E-state index in [0.717, 1.165) is 24.5 Å². The quantitative estimate of drug-likeness (QED) is 0.465. The largest absolute Gasteiger partial charge is 0.508 e. The maximum Gasteiger partial charge on any atom is 0.119 e. The summed E-state index contributed by atoms with van der Waals surface area (Å²) < 4.78 is 3.27. The number of halogens is 3. The van der Waals surface area contributed by atoms with Crippen molar-refractivity contribution in [2.75, 3.05) is 0 Å². The maximum atomic E-state index is 9.19. The molecule has 1 nitrogen and oxygen atoms in total. The van der Waals surface area contributed by atoms with E-state index in [9.17, 15) is 5.11 Å².